The first-order chi connectivity index (χ1) is 15.2. The lowest BCUT2D eigenvalue weighted by Gasteiger charge is -2.29. The predicted octanol–water partition coefficient (Wildman–Crippen LogP) is 3.06. The summed E-state index contributed by atoms with van der Waals surface area (Å²) in [6, 6.07) is 8.60. The molecule has 1 aliphatic carbocycles. The summed E-state index contributed by atoms with van der Waals surface area (Å²) in [4.78, 5) is 4.59. The van der Waals surface area contributed by atoms with Crippen LogP contribution in [-0.2, 0) is 16.5 Å². The van der Waals surface area contributed by atoms with E-state index in [4.69, 9.17) is 9.47 Å². The van der Waals surface area contributed by atoms with Gasteiger partial charge < -0.3 is 14.8 Å². The maximum Gasteiger partial charge on any atom is 0.241 e. The Labute approximate surface area is 180 Å². The molecule has 5 rings (SSSR count). The number of methoxy groups -OCH3 is 1. The topological polar surface area (TPSA) is 91.4 Å². The lowest BCUT2D eigenvalue weighted by molar-refractivity contribution is -0.00158. The van der Waals surface area contributed by atoms with Crippen molar-refractivity contribution in [1.82, 2.24) is 29.6 Å². The molecule has 0 bridgehead atoms. The molecular formula is C22H27N7O2. The zero-order chi connectivity index (χ0) is 21.2. The first-order valence-corrected chi connectivity index (χ1v) is 10.7. The monoisotopic (exact) mass is 421 g/mol. The number of aryl methyl sites for hydroxylation is 1. The zero-order valence-corrected chi connectivity index (χ0v) is 17.9. The van der Waals surface area contributed by atoms with E-state index < -0.39 is 0 Å². The number of nitrogens with one attached hydrogen (secondary N) is 1. The number of nitrogens with zero attached hydrogens (tertiary/aromatic N) is 6. The van der Waals surface area contributed by atoms with Crippen LogP contribution >= 0.6 is 0 Å². The Morgan fingerprint density at radius 2 is 1.97 bits per heavy atom. The molecule has 0 radical (unpaired) electrons. The van der Waals surface area contributed by atoms with E-state index in [1.165, 1.54) is 0 Å². The molecule has 31 heavy (non-hydrogen) atoms. The quantitative estimate of drug-likeness (QED) is 0.459. The average Bonchev–Trinajstić information content (AvgIpc) is 3.38. The molecule has 1 N–H and O–H groups in total. The normalized spacial score (nSPS) is 19.3. The van der Waals surface area contributed by atoms with Gasteiger partial charge >= 0.3 is 0 Å². The van der Waals surface area contributed by atoms with E-state index in [-0.39, 0.29) is 0 Å². The van der Waals surface area contributed by atoms with Gasteiger partial charge in [0.2, 0.25) is 5.95 Å². The van der Waals surface area contributed by atoms with Crippen molar-refractivity contribution >= 4 is 22.5 Å². The second kappa shape index (κ2) is 8.60. The highest BCUT2D eigenvalue weighted by Crippen LogP contribution is 2.28. The van der Waals surface area contributed by atoms with Crippen molar-refractivity contribution in [3.8, 4) is 11.1 Å². The van der Waals surface area contributed by atoms with Crippen molar-refractivity contribution in [1.29, 1.82) is 0 Å². The molecule has 0 spiro atoms. The second-order valence-electron chi connectivity index (χ2n) is 8.04. The first-order valence-electron chi connectivity index (χ1n) is 10.7. The standard InChI is InChI=1S/C22H27N7O2/c1-28-20-13-15(3-8-19(20)25-27-28)18-9-10-29-21(18)14-23-22(26-29)24-16-4-6-17(7-5-16)31-12-11-30-2/h3,8-10,13-14,16-17H,4-7,11-12H2,1-2H3,(H,24,26)/t16-,17-. The second-order valence-corrected chi connectivity index (χ2v) is 8.04. The number of ether oxygens (including phenoxy) is 2. The summed E-state index contributed by atoms with van der Waals surface area (Å²) in [5.41, 5.74) is 5.03. The summed E-state index contributed by atoms with van der Waals surface area (Å²) in [6.07, 6.45) is 8.38. The molecule has 1 aromatic carbocycles. The molecule has 0 saturated heterocycles. The molecule has 3 heterocycles. The molecule has 1 aliphatic rings. The van der Waals surface area contributed by atoms with Gasteiger partial charge in [-0.05, 0) is 49.4 Å². The Hall–Kier alpha value is -3.04. The highest BCUT2D eigenvalue weighted by molar-refractivity contribution is 5.87. The molecule has 0 atom stereocenters. The van der Waals surface area contributed by atoms with Crippen LogP contribution in [0.5, 0.6) is 0 Å². The molecule has 1 saturated carbocycles. The van der Waals surface area contributed by atoms with Gasteiger partial charge in [-0.15, -0.1) is 10.2 Å². The lowest BCUT2D eigenvalue weighted by Crippen LogP contribution is -2.31. The van der Waals surface area contributed by atoms with Gasteiger partial charge in [0.05, 0.1) is 36.5 Å². The van der Waals surface area contributed by atoms with Crippen molar-refractivity contribution in [3.05, 3.63) is 36.7 Å². The molecule has 0 unspecified atom stereocenters. The summed E-state index contributed by atoms with van der Waals surface area (Å²) in [7, 11) is 3.60. The summed E-state index contributed by atoms with van der Waals surface area (Å²) in [6.45, 7) is 1.32. The van der Waals surface area contributed by atoms with Crippen LogP contribution in [0.4, 0.5) is 5.95 Å². The third-order valence-electron chi connectivity index (χ3n) is 5.99. The molecule has 3 aromatic heterocycles. The zero-order valence-electron chi connectivity index (χ0n) is 17.9. The van der Waals surface area contributed by atoms with E-state index in [1.54, 1.807) is 11.8 Å². The van der Waals surface area contributed by atoms with Crippen molar-refractivity contribution in [2.45, 2.75) is 37.8 Å². The van der Waals surface area contributed by atoms with Gasteiger partial charge in [-0.2, -0.15) is 0 Å². The molecule has 162 valence electrons. The van der Waals surface area contributed by atoms with Crippen molar-refractivity contribution in [2.24, 2.45) is 7.05 Å². The Bertz CT molecular complexity index is 1180. The van der Waals surface area contributed by atoms with E-state index in [2.05, 4.69) is 43.9 Å². The van der Waals surface area contributed by atoms with E-state index in [0.29, 0.717) is 31.3 Å². The minimum atomic E-state index is 0.329. The Balaban J connectivity index is 1.28. The summed E-state index contributed by atoms with van der Waals surface area (Å²) < 4.78 is 14.6. The van der Waals surface area contributed by atoms with E-state index in [0.717, 1.165) is 53.4 Å². The van der Waals surface area contributed by atoms with Gasteiger partial charge in [0.1, 0.15) is 5.52 Å². The maximum atomic E-state index is 5.86. The fraction of sp³-hybridized carbons (Fsp3) is 0.455. The predicted molar refractivity (Wildman–Crippen MR) is 118 cm³/mol. The summed E-state index contributed by atoms with van der Waals surface area (Å²) in [5.74, 6) is 0.657. The Morgan fingerprint density at radius 1 is 1.10 bits per heavy atom. The van der Waals surface area contributed by atoms with E-state index in [9.17, 15) is 0 Å². The van der Waals surface area contributed by atoms with Gasteiger partial charge in [0.25, 0.3) is 0 Å². The molecule has 9 nitrogen and oxygen atoms in total. The van der Waals surface area contributed by atoms with Gasteiger partial charge in [0, 0.05) is 32.0 Å². The number of benzene rings is 1. The molecule has 9 heteroatoms. The fourth-order valence-electron chi connectivity index (χ4n) is 4.26. The van der Waals surface area contributed by atoms with Crippen LogP contribution in [-0.4, -0.2) is 62.1 Å². The van der Waals surface area contributed by atoms with Crippen LogP contribution in [0.3, 0.4) is 0 Å². The van der Waals surface area contributed by atoms with Crippen LogP contribution in [0.1, 0.15) is 25.7 Å². The van der Waals surface area contributed by atoms with Crippen LogP contribution in [0.25, 0.3) is 27.7 Å². The Morgan fingerprint density at radius 3 is 2.81 bits per heavy atom. The molecule has 1 fully saturated rings. The first kappa shape index (κ1) is 19.9. The number of hydrogen-bond donors (Lipinski definition) is 1. The Kier molecular flexibility index (Phi) is 5.52. The molecule has 0 aliphatic heterocycles. The van der Waals surface area contributed by atoms with Crippen molar-refractivity contribution < 1.29 is 9.47 Å². The number of anilines is 1. The summed E-state index contributed by atoms with van der Waals surface area (Å²) >= 11 is 0. The third kappa shape index (κ3) is 4.11. The van der Waals surface area contributed by atoms with Crippen molar-refractivity contribution in [2.75, 3.05) is 25.6 Å². The number of fused-ring (bicyclic) bond motifs is 2. The van der Waals surface area contributed by atoms with Gasteiger partial charge in [-0.1, -0.05) is 11.3 Å². The smallest absolute Gasteiger partial charge is 0.241 e. The molecule has 4 aromatic rings. The minimum Gasteiger partial charge on any atom is -0.382 e. The van der Waals surface area contributed by atoms with Crippen molar-refractivity contribution in [3.63, 3.8) is 0 Å². The number of aromatic nitrogens is 6. The number of rotatable bonds is 7. The lowest BCUT2D eigenvalue weighted by atomic mass is 9.93. The van der Waals surface area contributed by atoms with Gasteiger partial charge in [0.15, 0.2) is 0 Å². The van der Waals surface area contributed by atoms with Crippen LogP contribution in [0.15, 0.2) is 36.7 Å². The molecular weight excluding hydrogens is 394 g/mol. The average molecular weight is 422 g/mol. The maximum absolute atomic E-state index is 5.86. The van der Waals surface area contributed by atoms with Gasteiger partial charge in [-0.25, -0.2) is 14.2 Å². The molecule has 0 amide bonds. The third-order valence-corrected chi connectivity index (χ3v) is 5.99. The minimum absolute atomic E-state index is 0.329. The fourth-order valence-corrected chi connectivity index (χ4v) is 4.26. The van der Waals surface area contributed by atoms with E-state index in [1.807, 2.05) is 30.0 Å². The highest BCUT2D eigenvalue weighted by atomic mass is 16.5. The van der Waals surface area contributed by atoms with Crippen LogP contribution in [0.2, 0.25) is 0 Å². The highest BCUT2D eigenvalue weighted by Gasteiger charge is 2.22. The summed E-state index contributed by atoms with van der Waals surface area (Å²) in [5, 5.41) is 16.4. The van der Waals surface area contributed by atoms with E-state index >= 15 is 0 Å². The largest absolute Gasteiger partial charge is 0.382 e. The van der Waals surface area contributed by atoms with Crippen LogP contribution < -0.4 is 5.32 Å². The van der Waals surface area contributed by atoms with Crippen LogP contribution in [0, 0.1) is 0 Å². The number of hydrogen-bond acceptors (Lipinski definition) is 7. The SMILES string of the molecule is COCCO[C@H]1CC[C@H](Nc2ncc3c(-c4ccc5nnn(C)c5c4)ccn3n2)CC1. The van der Waals surface area contributed by atoms with Gasteiger partial charge in [-0.3, -0.25) is 0 Å².